The summed E-state index contributed by atoms with van der Waals surface area (Å²) in [6, 6.07) is 5.87. The van der Waals surface area contributed by atoms with E-state index in [9.17, 15) is 4.79 Å². The van der Waals surface area contributed by atoms with E-state index >= 15 is 0 Å². The van der Waals surface area contributed by atoms with Gasteiger partial charge in [0.1, 0.15) is 4.83 Å². The minimum Gasteiger partial charge on any atom is -0.298 e. The summed E-state index contributed by atoms with van der Waals surface area (Å²) in [5.74, 6) is 0.710. The van der Waals surface area contributed by atoms with Crippen molar-refractivity contribution in [3.63, 3.8) is 0 Å². The second-order valence-electron chi connectivity index (χ2n) is 6.35. The van der Waals surface area contributed by atoms with E-state index in [0.29, 0.717) is 12.5 Å². The van der Waals surface area contributed by atoms with Crippen LogP contribution in [0.4, 0.5) is 0 Å². The van der Waals surface area contributed by atoms with Crippen LogP contribution in [0.1, 0.15) is 29.5 Å². The van der Waals surface area contributed by atoms with Gasteiger partial charge in [0, 0.05) is 29.7 Å². The molecule has 4 rings (SSSR count). The van der Waals surface area contributed by atoms with Crippen LogP contribution in [-0.2, 0) is 25.8 Å². The molecule has 1 atom stereocenters. The number of aromatic nitrogens is 3. The number of rotatable bonds is 3. The Morgan fingerprint density at radius 2 is 2.26 bits per heavy atom. The number of pyridine rings is 1. The summed E-state index contributed by atoms with van der Waals surface area (Å²) >= 11 is 1.70. The summed E-state index contributed by atoms with van der Waals surface area (Å²) in [6.45, 7) is 2.91. The molecule has 0 radical (unpaired) electrons. The minimum absolute atomic E-state index is 0.109. The minimum atomic E-state index is 0.109. The fourth-order valence-electron chi connectivity index (χ4n) is 3.31. The fraction of sp³-hybridized carbons (Fsp3) is 0.389. The third-order valence-corrected chi connectivity index (χ3v) is 5.78. The SMILES string of the molecule is CC1CCc2c(sc3ncn(CCc4ccccn4)c(=O)c23)C1. The summed E-state index contributed by atoms with van der Waals surface area (Å²) < 4.78 is 1.74. The summed E-state index contributed by atoms with van der Waals surface area (Å²) in [5.41, 5.74) is 2.37. The van der Waals surface area contributed by atoms with Crippen molar-refractivity contribution < 1.29 is 0 Å². The summed E-state index contributed by atoms with van der Waals surface area (Å²) in [6.07, 6.45) is 7.49. The Hall–Kier alpha value is -2.01. The molecular formula is C18H19N3OS. The molecule has 0 aliphatic heterocycles. The Balaban J connectivity index is 1.69. The third-order valence-electron chi connectivity index (χ3n) is 4.62. The molecule has 1 aliphatic carbocycles. The van der Waals surface area contributed by atoms with Gasteiger partial charge < -0.3 is 0 Å². The van der Waals surface area contributed by atoms with Crippen molar-refractivity contribution in [1.29, 1.82) is 0 Å². The van der Waals surface area contributed by atoms with Crippen molar-refractivity contribution >= 4 is 21.6 Å². The number of nitrogens with zero attached hydrogens (tertiary/aromatic N) is 3. The van der Waals surface area contributed by atoms with E-state index < -0.39 is 0 Å². The lowest BCUT2D eigenvalue weighted by Crippen LogP contribution is -2.22. The van der Waals surface area contributed by atoms with E-state index in [2.05, 4.69) is 16.9 Å². The first-order valence-corrected chi connectivity index (χ1v) is 8.93. The molecule has 4 nitrogen and oxygen atoms in total. The van der Waals surface area contributed by atoms with E-state index in [1.165, 1.54) is 16.9 Å². The number of hydrogen-bond acceptors (Lipinski definition) is 4. The molecule has 0 amide bonds. The van der Waals surface area contributed by atoms with Crippen LogP contribution in [0.2, 0.25) is 0 Å². The van der Waals surface area contributed by atoms with Crippen molar-refractivity contribution in [3.8, 4) is 0 Å². The van der Waals surface area contributed by atoms with Gasteiger partial charge in [-0.3, -0.25) is 14.3 Å². The molecular weight excluding hydrogens is 306 g/mol. The Bertz CT molecular complexity index is 898. The molecule has 0 fully saturated rings. The molecule has 0 bridgehead atoms. The predicted molar refractivity (Wildman–Crippen MR) is 93.0 cm³/mol. The summed E-state index contributed by atoms with van der Waals surface area (Å²) in [4.78, 5) is 24.0. The lowest BCUT2D eigenvalue weighted by Gasteiger charge is -2.17. The van der Waals surface area contributed by atoms with Gasteiger partial charge in [-0.05, 0) is 42.9 Å². The van der Waals surface area contributed by atoms with Crippen molar-refractivity contribution in [2.45, 2.75) is 39.2 Å². The molecule has 1 aliphatic rings. The maximum Gasteiger partial charge on any atom is 0.262 e. The number of fused-ring (bicyclic) bond motifs is 3. The van der Waals surface area contributed by atoms with Crippen LogP contribution in [0.15, 0.2) is 35.5 Å². The molecule has 3 heterocycles. The van der Waals surface area contributed by atoms with Crippen molar-refractivity contribution in [1.82, 2.24) is 14.5 Å². The van der Waals surface area contributed by atoms with Gasteiger partial charge >= 0.3 is 0 Å². The Kier molecular flexibility index (Phi) is 3.73. The molecule has 0 saturated carbocycles. The Morgan fingerprint density at radius 3 is 3.09 bits per heavy atom. The third kappa shape index (κ3) is 2.70. The number of hydrogen-bond donors (Lipinski definition) is 0. The number of aryl methyl sites for hydroxylation is 3. The Labute approximate surface area is 138 Å². The van der Waals surface area contributed by atoms with Gasteiger partial charge in [-0.2, -0.15) is 0 Å². The molecule has 1 unspecified atom stereocenters. The first kappa shape index (κ1) is 14.6. The highest BCUT2D eigenvalue weighted by Gasteiger charge is 2.23. The largest absolute Gasteiger partial charge is 0.298 e. The standard InChI is InChI=1S/C18H19N3OS/c1-12-5-6-14-15(10-12)23-17-16(14)18(22)21(11-20-17)9-7-13-4-2-3-8-19-13/h2-4,8,11-12H,5-7,9-10H2,1H3. The zero-order chi connectivity index (χ0) is 15.8. The lowest BCUT2D eigenvalue weighted by atomic mass is 9.89. The van der Waals surface area contributed by atoms with Crippen molar-refractivity contribution in [2.24, 2.45) is 5.92 Å². The van der Waals surface area contributed by atoms with Crippen LogP contribution in [0.25, 0.3) is 10.2 Å². The quantitative estimate of drug-likeness (QED) is 0.743. The molecule has 0 aromatic carbocycles. The second kappa shape index (κ2) is 5.89. The van der Waals surface area contributed by atoms with Gasteiger partial charge in [0.15, 0.2) is 0 Å². The fourth-order valence-corrected chi connectivity index (χ4v) is 4.65. The average molecular weight is 325 g/mol. The molecule has 3 aromatic rings. The van der Waals surface area contributed by atoms with Crippen molar-refractivity contribution in [2.75, 3.05) is 0 Å². The van der Waals surface area contributed by atoms with Gasteiger partial charge in [0.2, 0.25) is 0 Å². The first-order chi connectivity index (χ1) is 11.2. The van der Waals surface area contributed by atoms with Crippen LogP contribution >= 0.6 is 11.3 Å². The molecule has 0 spiro atoms. The molecule has 3 aromatic heterocycles. The predicted octanol–water partition coefficient (Wildman–Crippen LogP) is 3.22. The Morgan fingerprint density at radius 1 is 1.35 bits per heavy atom. The zero-order valence-corrected chi connectivity index (χ0v) is 14.0. The maximum atomic E-state index is 12.9. The molecule has 0 saturated heterocycles. The van der Waals surface area contributed by atoms with Crippen LogP contribution in [0, 0.1) is 5.92 Å². The smallest absolute Gasteiger partial charge is 0.262 e. The summed E-state index contributed by atoms with van der Waals surface area (Å²) in [7, 11) is 0. The molecule has 118 valence electrons. The molecule has 0 N–H and O–H groups in total. The second-order valence-corrected chi connectivity index (χ2v) is 7.43. The van der Waals surface area contributed by atoms with E-state index in [-0.39, 0.29) is 5.56 Å². The summed E-state index contributed by atoms with van der Waals surface area (Å²) in [5, 5.41) is 0.862. The highest BCUT2D eigenvalue weighted by atomic mass is 32.1. The highest BCUT2D eigenvalue weighted by Crippen LogP contribution is 2.35. The average Bonchev–Trinajstić information content (AvgIpc) is 2.93. The number of thiophene rings is 1. The van der Waals surface area contributed by atoms with Gasteiger partial charge in [0.25, 0.3) is 5.56 Å². The van der Waals surface area contributed by atoms with Crippen LogP contribution in [0.3, 0.4) is 0 Å². The van der Waals surface area contributed by atoms with Crippen LogP contribution in [0.5, 0.6) is 0 Å². The molecule has 23 heavy (non-hydrogen) atoms. The van der Waals surface area contributed by atoms with Gasteiger partial charge in [0.05, 0.1) is 11.7 Å². The monoisotopic (exact) mass is 325 g/mol. The van der Waals surface area contributed by atoms with Gasteiger partial charge in [-0.25, -0.2) is 4.98 Å². The highest BCUT2D eigenvalue weighted by molar-refractivity contribution is 7.18. The van der Waals surface area contributed by atoms with Crippen LogP contribution < -0.4 is 5.56 Å². The maximum absolute atomic E-state index is 12.9. The van der Waals surface area contributed by atoms with Crippen LogP contribution in [-0.4, -0.2) is 14.5 Å². The molecule has 5 heteroatoms. The topological polar surface area (TPSA) is 47.8 Å². The lowest BCUT2D eigenvalue weighted by molar-refractivity contribution is 0.509. The zero-order valence-electron chi connectivity index (χ0n) is 13.2. The normalized spacial score (nSPS) is 17.3. The van der Waals surface area contributed by atoms with E-state index in [0.717, 1.165) is 35.2 Å². The van der Waals surface area contributed by atoms with E-state index in [4.69, 9.17) is 0 Å². The van der Waals surface area contributed by atoms with E-state index in [1.54, 1.807) is 28.4 Å². The van der Waals surface area contributed by atoms with Crippen molar-refractivity contribution in [3.05, 3.63) is 57.2 Å². The van der Waals surface area contributed by atoms with Gasteiger partial charge in [-0.15, -0.1) is 11.3 Å². The van der Waals surface area contributed by atoms with Gasteiger partial charge in [-0.1, -0.05) is 13.0 Å². The first-order valence-electron chi connectivity index (χ1n) is 8.12. The van der Waals surface area contributed by atoms with E-state index in [1.807, 2.05) is 18.2 Å².